The number of carbonyl (C=O) groups is 1. The van der Waals surface area contributed by atoms with Crippen LogP contribution in [0.2, 0.25) is 0 Å². The Morgan fingerprint density at radius 3 is 2.83 bits per heavy atom. The van der Waals surface area contributed by atoms with Crippen LogP contribution in [0.15, 0.2) is 18.2 Å². The van der Waals surface area contributed by atoms with Crippen molar-refractivity contribution in [3.05, 3.63) is 34.9 Å². The van der Waals surface area contributed by atoms with E-state index >= 15 is 0 Å². The first-order valence-corrected chi connectivity index (χ1v) is 6.65. The molecular weight excluding hydrogens is 226 g/mol. The molecule has 0 spiro atoms. The van der Waals surface area contributed by atoms with Gasteiger partial charge in [0.25, 0.3) is 0 Å². The topological polar surface area (TPSA) is 40.5 Å². The number of carboxylic acids is 1. The van der Waals surface area contributed by atoms with E-state index in [9.17, 15) is 4.79 Å². The molecule has 0 bridgehead atoms. The zero-order valence-electron chi connectivity index (χ0n) is 11.1. The first-order valence-electron chi connectivity index (χ1n) is 6.65. The van der Waals surface area contributed by atoms with Crippen LogP contribution in [-0.2, 0) is 6.54 Å². The lowest BCUT2D eigenvalue weighted by Crippen LogP contribution is -2.36. The number of piperidine rings is 1. The molecule has 98 valence electrons. The Labute approximate surface area is 108 Å². The van der Waals surface area contributed by atoms with E-state index in [4.69, 9.17) is 5.11 Å². The maximum Gasteiger partial charge on any atom is 0.335 e. The molecule has 0 aliphatic carbocycles. The Kier molecular flexibility index (Phi) is 4.02. The van der Waals surface area contributed by atoms with E-state index < -0.39 is 5.97 Å². The SMILES string of the molecule is Cc1cc(C(=O)O)ccc1CN1CCCCC1C. The number of aryl methyl sites for hydroxylation is 1. The van der Waals surface area contributed by atoms with E-state index in [0.29, 0.717) is 11.6 Å². The highest BCUT2D eigenvalue weighted by Gasteiger charge is 2.18. The van der Waals surface area contributed by atoms with Crippen LogP contribution in [0.4, 0.5) is 0 Å². The highest BCUT2D eigenvalue weighted by atomic mass is 16.4. The summed E-state index contributed by atoms with van der Waals surface area (Å²) in [6, 6.07) is 6.07. The minimum atomic E-state index is -0.851. The van der Waals surface area contributed by atoms with Crippen molar-refractivity contribution in [2.75, 3.05) is 6.54 Å². The normalized spacial score (nSPS) is 20.9. The third kappa shape index (κ3) is 2.91. The van der Waals surface area contributed by atoms with Crippen LogP contribution in [0.1, 0.15) is 47.7 Å². The quantitative estimate of drug-likeness (QED) is 0.892. The summed E-state index contributed by atoms with van der Waals surface area (Å²) < 4.78 is 0. The average molecular weight is 247 g/mol. The molecule has 1 fully saturated rings. The van der Waals surface area contributed by atoms with Crippen molar-refractivity contribution in [3.8, 4) is 0 Å². The molecule has 1 aliphatic heterocycles. The lowest BCUT2D eigenvalue weighted by molar-refractivity contribution is 0.0696. The van der Waals surface area contributed by atoms with Gasteiger partial charge in [0.2, 0.25) is 0 Å². The van der Waals surface area contributed by atoms with Gasteiger partial charge in [-0.2, -0.15) is 0 Å². The fourth-order valence-electron chi connectivity index (χ4n) is 2.62. The minimum absolute atomic E-state index is 0.378. The molecule has 0 amide bonds. The molecule has 1 aromatic carbocycles. The van der Waals surface area contributed by atoms with Crippen LogP contribution in [0, 0.1) is 6.92 Å². The largest absolute Gasteiger partial charge is 0.478 e. The molecule has 1 unspecified atom stereocenters. The predicted octanol–water partition coefficient (Wildman–Crippen LogP) is 3.07. The molecule has 1 heterocycles. The van der Waals surface area contributed by atoms with Gasteiger partial charge in [-0.1, -0.05) is 12.5 Å². The average Bonchev–Trinajstić information content (AvgIpc) is 2.34. The van der Waals surface area contributed by atoms with Gasteiger partial charge >= 0.3 is 5.97 Å². The van der Waals surface area contributed by atoms with E-state index in [-0.39, 0.29) is 0 Å². The predicted molar refractivity (Wildman–Crippen MR) is 71.9 cm³/mol. The summed E-state index contributed by atoms with van der Waals surface area (Å²) in [4.78, 5) is 13.4. The molecule has 1 N–H and O–H groups in total. The van der Waals surface area contributed by atoms with E-state index in [0.717, 1.165) is 18.7 Å². The second-order valence-corrected chi connectivity index (χ2v) is 5.26. The van der Waals surface area contributed by atoms with Crippen LogP contribution >= 0.6 is 0 Å². The summed E-state index contributed by atoms with van der Waals surface area (Å²) >= 11 is 0. The standard InChI is InChI=1S/C15H21NO2/c1-11-9-13(15(17)18)6-7-14(11)10-16-8-4-3-5-12(16)2/h6-7,9,12H,3-5,8,10H2,1-2H3,(H,17,18). The first-order chi connectivity index (χ1) is 8.58. The van der Waals surface area contributed by atoms with E-state index in [2.05, 4.69) is 11.8 Å². The second kappa shape index (κ2) is 5.53. The maximum atomic E-state index is 10.9. The van der Waals surface area contributed by atoms with Gasteiger partial charge in [-0.05, 0) is 56.5 Å². The molecular formula is C15H21NO2. The number of nitrogens with zero attached hydrogens (tertiary/aromatic N) is 1. The zero-order valence-corrected chi connectivity index (χ0v) is 11.1. The van der Waals surface area contributed by atoms with Gasteiger partial charge in [-0.25, -0.2) is 4.79 Å². The summed E-state index contributed by atoms with van der Waals surface area (Å²) in [5, 5.41) is 8.95. The summed E-state index contributed by atoms with van der Waals surface area (Å²) in [7, 11) is 0. The second-order valence-electron chi connectivity index (χ2n) is 5.26. The van der Waals surface area contributed by atoms with E-state index in [1.807, 2.05) is 13.0 Å². The molecule has 0 aromatic heterocycles. The summed E-state index contributed by atoms with van der Waals surface area (Å²) in [6.45, 7) is 6.37. The Hall–Kier alpha value is -1.35. The first kappa shape index (κ1) is 13.1. The highest BCUT2D eigenvalue weighted by molar-refractivity contribution is 5.87. The molecule has 0 radical (unpaired) electrons. The van der Waals surface area contributed by atoms with Gasteiger partial charge < -0.3 is 5.11 Å². The smallest absolute Gasteiger partial charge is 0.335 e. The van der Waals surface area contributed by atoms with Crippen LogP contribution < -0.4 is 0 Å². The van der Waals surface area contributed by atoms with Crippen LogP contribution in [-0.4, -0.2) is 28.6 Å². The van der Waals surface area contributed by atoms with Crippen LogP contribution in [0.25, 0.3) is 0 Å². The number of likely N-dealkylation sites (tertiary alicyclic amines) is 1. The van der Waals surface area contributed by atoms with Crippen molar-refractivity contribution < 1.29 is 9.90 Å². The Bertz CT molecular complexity index is 442. The van der Waals surface area contributed by atoms with Crippen molar-refractivity contribution in [2.24, 2.45) is 0 Å². The monoisotopic (exact) mass is 247 g/mol. The number of hydrogen-bond donors (Lipinski definition) is 1. The molecule has 3 heteroatoms. The Balaban J connectivity index is 2.11. The Morgan fingerprint density at radius 2 is 2.22 bits per heavy atom. The van der Waals surface area contributed by atoms with Crippen molar-refractivity contribution in [3.63, 3.8) is 0 Å². The van der Waals surface area contributed by atoms with Gasteiger partial charge in [0.1, 0.15) is 0 Å². The number of hydrogen-bond acceptors (Lipinski definition) is 2. The molecule has 3 nitrogen and oxygen atoms in total. The van der Waals surface area contributed by atoms with E-state index in [1.165, 1.54) is 24.8 Å². The van der Waals surface area contributed by atoms with Gasteiger partial charge in [0.15, 0.2) is 0 Å². The Morgan fingerprint density at radius 1 is 1.44 bits per heavy atom. The number of rotatable bonds is 3. The van der Waals surface area contributed by atoms with Crippen molar-refractivity contribution in [2.45, 2.75) is 45.7 Å². The number of aromatic carboxylic acids is 1. The third-order valence-electron chi connectivity index (χ3n) is 3.90. The van der Waals surface area contributed by atoms with Gasteiger partial charge in [-0.15, -0.1) is 0 Å². The highest BCUT2D eigenvalue weighted by Crippen LogP contribution is 2.21. The van der Waals surface area contributed by atoms with Crippen molar-refractivity contribution in [1.29, 1.82) is 0 Å². The third-order valence-corrected chi connectivity index (χ3v) is 3.90. The summed E-state index contributed by atoms with van der Waals surface area (Å²) in [6.07, 6.45) is 3.87. The molecule has 0 saturated carbocycles. The lowest BCUT2D eigenvalue weighted by atomic mass is 10.00. The van der Waals surface area contributed by atoms with E-state index in [1.54, 1.807) is 12.1 Å². The summed E-state index contributed by atoms with van der Waals surface area (Å²) in [5.41, 5.74) is 2.70. The molecule has 2 rings (SSSR count). The molecule has 1 saturated heterocycles. The van der Waals surface area contributed by atoms with Gasteiger partial charge in [0, 0.05) is 12.6 Å². The van der Waals surface area contributed by atoms with Crippen molar-refractivity contribution in [1.82, 2.24) is 4.90 Å². The van der Waals surface area contributed by atoms with Crippen molar-refractivity contribution >= 4 is 5.97 Å². The molecule has 1 aliphatic rings. The molecule has 18 heavy (non-hydrogen) atoms. The summed E-state index contributed by atoms with van der Waals surface area (Å²) in [5.74, 6) is -0.851. The minimum Gasteiger partial charge on any atom is -0.478 e. The van der Waals surface area contributed by atoms with Crippen LogP contribution in [0.3, 0.4) is 0 Å². The van der Waals surface area contributed by atoms with Gasteiger partial charge in [0.05, 0.1) is 5.56 Å². The lowest BCUT2D eigenvalue weighted by Gasteiger charge is -2.33. The number of carboxylic acid groups (broad SMARTS) is 1. The number of benzene rings is 1. The molecule has 1 aromatic rings. The van der Waals surface area contributed by atoms with Gasteiger partial charge in [-0.3, -0.25) is 4.90 Å². The zero-order chi connectivity index (χ0) is 13.1. The van der Waals surface area contributed by atoms with Crippen LogP contribution in [0.5, 0.6) is 0 Å². The fourth-order valence-corrected chi connectivity index (χ4v) is 2.62. The fraction of sp³-hybridized carbons (Fsp3) is 0.533. The maximum absolute atomic E-state index is 10.9. The molecule has 1 atom stereocenters.